The van der Waals surface area contributed by atoms with E-state index in [4.69, 9.17) is 13.8 Å². The van der Waals surface area contributed by atoms with Crippen LogP contribution in [0.1, 0.15) is 0 Å². The van der Waals surface area contributed by atoms with Gasteiger partial charge in [-0.3, -0.25) is 0 Å². The van der Waals surface area contributed by atoms with Crippen molar-refractivity contribution in [1.82, 2.24) is 4.98 Å². The molecule has 0 N–H and O–H groups in total. The molecule has 0 radical (unpaired) electrons. The zero-order valence-electron chi connectivity index (χ0n) is 29.7. The molecule has 0 fully saturated rings. The minimum atomic E-state index is 0.560. The molecule has 0 aliphatic carbocycles. The molecule has 0 saturated heterocycles. The van der Waals surface area contributed by atoms with Crippen LogP contribution in [0, 0.1) is 0 Å². The van der Waals surface area contributed by atoms with Gasteiger partial charge in [-0.25, -0.2) is 4.98 Å². The van der Waals surface area contributed by atoms with Gasteiger partial charge >= 0.3 is 0 Å². The Morgan fingerprint density at radius 3 is 1.84 bits per heavy atom. The predicted octanol–water partition coefficient (Wildman–Crippen LogP) is 14.5. The van der Waals surface area contributed by atoms with Crippen LogP contribution in [0.25, 0.3) is 88.3 Å². The van der Waals surface area contributed by atoms with Gasteiger partial charge in [0.2, 0.25) is 5.89 Å². The van der Waals surface area contributed by atoms with Gasteiger partial charge in [0.25, 0.3) is 0 Å². The largest absolute Gasteiger partial charge is 0.454 e. The molecule has 2 aromatic heterocycles. The molecule has 11 rings (SSSR count). The van der Waals surface area contributed by atoms with Crippen LogP contribution in [0.4, 0.5) is 17.1 Å². The van der Waals surface area contributed by atoms with Gasteiger partial charge in [-0.05, 0) is 98.4 Å². The molecule has 0 aliphatic rings. The average molecular weight is 705 g/mol. The van der Waals surface area contributed by atoms with Gasteiger partial charge in [0, 0.05) is 27.7 Å². The first-order chi connectivity index (χ1) is 27.3. The highest BCUT2D eigenvalue weighted by atomic mass is 16.4. The van der Waals surface area contributed by atoms with E-state index < -0.39 is 0 Å². The van der Waals surface area contributed by atoms with Crippen LogP contribution in [-0.2, 0) is 0 Å². The quantitative estimate of drug-likeness (QED) is 0.162. The molecule has 0 amide bonds. The summed E-state index contributed by atoms with van der Waals surface area (Å²) in [5.41, 5.74) is 11.2. The van der Waals surface area contributed by atoms with E-state index in [1.54, 1.807) is 0 Å². The third-order valence-corrected chi connectivity index (χ3v) is 10.7. The number of rotatable bonds is 6. The summed E-state index contributed by atoms with van der Waals surface area (Å²) in [4.78, 5) is 7.49. The van der Waals surface area contributed by atoms with Crippen molar-refractivity contribution in [3.05, 3.63) is 194 Å². The van der Waals surface area contributed by atoms with Gasteiger partial charge in [0.1, 0.15) is 16.8 Å². The van der Waals surface area contributed by atoms with Gasteiger partial charge in [0.05, 0.1) is 0 Å². The van der Waals surface area contributed by atoms with Crippen LogP contribution in [0.2, 0.25) is 0 Å². The fourth-order valence-electron chi connectivity index (χ4n) is 8.08. The predicted molar refractivity (Wildman–Crippen MR) is 227 cm³/mol. The number of hydrogen-bond donors (Lipinski definition) is 0. The monoisotopic (exact) mass is 704 g/mol. The zero-order chi connectivity index (χ0) is 36.3. The Labute approximate surface area is 317 Å². The molecule has 4 heteroatoms. The minimum absolute atomic E-state index is 0.560. The Morgan fingerprint density at radius 2 is 1.04 bits per heavy atom. The minimum Gasteiger partial charge on any atom is -0.454 e. The van der Waals surface area contributed by atoms with Crippen LogP contribution in [0.3, 0.4) is 0 Å². The number of oxazole rings is 1. The van der Waals surface area contributed by atoms with Gasteiger partial charge in [0.15, 0.2) is 11.2 Å². The first-order valence-electron chi connectivity index (χ1n) is 18.5. The fourth-order valence-corrected chi connectivity index (χ4v) is 8.08. The Bertz CT molecular complexity index is 3200. The van der Waals surface area contributed by atoms with E-state index in [0.29, 0.717) is 11.5 Å². The molecule has 0 unspecified atom stereocenters. The number of nitrogens with zero attached hydrogens (tertiary/aromatic N) is 2. The lowest BCUT2D eigenvalue weighted by atomic mass is 9.93. The van der Waals surface area contributed by atoms with E-state index in [9.17, 15) is 0 Å². The summed E-state index contributed by atoms with van der Waals surface area (Å²) in [5, 5.41) is 6.95. The Hall–Kier alpha value is -7.43. The summed E-state index contributed by atoms with van der Waals surface area (Å²) < 4.78 is 13.4. The maximum Gasteiger partial charge on any atom is 0.227 e. The molecule has 0 spiro atoms. The van der Waals surface area contributed by atoms with E-state index in [-0.39, 0.29) is 0 Å². The Balaban J connectivity index is 1.17. The number of fused-ring (bicyclic) bond motifs is 7. The van der Waals surface area contributed by atoms with E-state index in [2.05, 4.69) is 144 Å². The number of aromatic nitrogens is 1. The summed E-state index contributed by atoms with van der Waals surface area (Å²) in [5.74, 6) is 0.560. The molecule has 258 valence electrons. The summed E-state index contributed by atoms with van der Waals surface area (Å²) in [6.07, 6.45) is 0. The van der Waals surface area contributed by atoms with Crippen molar-refractivity contribution in [3.8, 4) is 33.7 Å². The first kappa shape index (κ1) is 31.1. The normalized spacial score (nSPS) is 11.6. The van der Waals surface area contributed by atoms with E-state index in [1.165, 1.54) is 27.1 Å². The molecule has 11 aromatic rings. The van der Waals surface area contributed by atoms with Crippen molar-refractivity contribution in [2.24, 2.45) is 0 Å². The molecule has 0 atom stereocenters. The lowest BCUT2D eigenvalue weighted by Gasteiger charge is -2.26. The second kappa shape index (κ2) is 12.6. The highest BCUT2D eigenvalue weighted by Gasteiger charge is 2.26. The summed E-state index contributed by atoms with van der Waals surface area (Å²) in [7, 11) is 0. The van der Waals surface area contributed by atoms with Crippen LogP contribution in [-0.4, -0.2) is 4.98 Å². The van der Waals surface area contributed by atoms with Gasteiger partial charge in [-0.15, -0.1) is 0 Å². The van der Waals surface area contributed by atoms with E-state index in [0.717, 1.165) is 66.8 Å². The first-order valence-corrected chi connectivity index (χ1v) is 18.5. The second-order valence-electron chi connectivity index (χ2n) is 13.9. The molecule has 4 nitrogen and oxygen atoms in total. The molecular weight excluding hydrogens is 673 g/mol. The summed E-state index contributed by atoms with van der Waals surface area (Å²) >= 11 is 0. The van der Waals surface area contributed by atoms with Gasteiger partial charge < -0.3 is 13.7 Å². The smallest absolute Gasteiger partial charge is 0.227 e. The third-order valence-electron chi connectivity index (χ3n) is 10.7. The number of para-hydroxylation sites is 1. The SMILES string of the molecule is c1ccc(-c2cccc(N(c3ccc(-c4cc5ccccc5c5ccccc45)cc3)c3c4nc(-c5ccccc5)oc4cc4c3oc3ccccc34)c2)cc1. The molecule has 0 saturated carbocycles. The van der Waals surface area contributed by atoms with Crippen LogP contribution in [0.5, 0.6) is 0 Å². The zero-order valence-corrected chi connectivity index (χ0v) is 29.7. The Kier molecular flexibility index (Phi) is 7.14. The molecular formula is C51H32N2O2. The number of anilines is 3. The molecule has 9 aromatic carbocycles. The van der Waals surface area contributed by atoms with Crippen molar-refractivity contribution in [1.29, 1.82) is 0 Å². The average Bonchev–Trinajstić information content (AvgIpc) is 3.86. The van der Waals surface area contributed by atoms with Gasteiger partial charge in [-0.2, -0.15) is 0 Å². The van der Waals surface area contributed by atoms with E-state index in [1.807, 2.05) is 54.6 Å². The van der Waals surface area contributed by atoms with Crippen LogP contribution >= 0.6 is 0 Å². The lowest BCUT2D eigenvalue weighted by molar-refractivity contribution is 0.620. The Morgan fingerprint density at radius 1 is 0.382 bits per heavy atom. The molecule has 2 heterocycles. The standard InChI is InChI=1S/C51H32N2O2/c1-3-14-33(15-4-1)36-19-13-20-39(30-36)53(38-28-26-34(27-29-38)44-31-37-18-7-8-21-40(37)41-22-9-10-23-42(41)44)49-48-47(55-51(52-48)35-16-5-2-6-17-35)32-45-43-24-11-12-25-46(43)54-50(45)49/h1-32H. The maximum atomic E-state index is 6.80. The number of benzene rings is 9. The van der Waals surface area contributed by atoms with Gasteiger partial charge in [-0.1, -0.05) is 140 Å². The van der Waals surface area contributed by atoms with Crippen molar-refractivity contribution in [3.63, 3.8) is 0 Å². The molecule has 55 heavy (non-hydrogen) atoms. The molecule has 0 aliphatic heterocycles. The number of hydrogen-bond acceptors (Lipinski definition) is 4. The number of furan rings is 1. The lowest BCUT2D eigenvalue weighted by Crippen LogP contribution is -2.11. The highest BCUT2D eigenvalue weighted by Crippen LogP contribution is 2.48. The highest BCUT2D eigenvalue weighted by molar-refractivity contribution is 6.18. The van der Waals surface area contributed by atoms with Crippen LogP contribution < -0.4 is 4.90 Å². The van der Waals surface area contributed by atoms with Crippen LogP contribution in [0.15, 0.2) is 203 Å². The van der Waals surface area contributed by atoms with Crippen molar-refractivity contribution >= 4 is 71.6 Å². The topological polar surface area (TPSA) is 42.4 Å². The summed E-state index contributed by atoms with van der Waals surface area (Å²) in [6, 6.07) is 68.0. The molecule has 0 bridgehead atoms. The fraction of sp³-hybridized carbons (Fsp3) is 0. The second-order valence-corrected chi connectivity index (χ2v) is 13.9. The van der Waals surface area contributed by atoms with Crippen molar-refractivity contribution in [2.45, 2.75) is 0 Å². The maximum absolute atomic E-state index is 6.80. The van der Waals surface area contributed by atoms with E-state index >= 15 is 0 Å². The van der Waals surface area contributed by atoms with Crippen molar-refractivity contribution in [2.75, 3.05) is 4.90 Å². The third kappa shape index (κ3) is 5.19. The van der Waals surface area contributed by atoms with Crippen molar-refractivity contribution < 1.29 is 8.83 Å². The summed E-state index contributed by atoms with van der Waals surface area (Å²) in [6.45, 7) is 0.